The number of carbonyl (C=O) groups excluding carboxylic acids is 2. The fourth-order valence-electron chi connectivity index (χ4n) is 3.69. The van der Waals surface area contributed by atoms with Crippen molar-refractivity contribution in [2.24, 2.45) is 11.7 Å². The maximum atomic E-state index is 12.6. The Labute approximate surface area is 180 Å². The Hall–Kier alpha value is -3.76. The first-order valence-corrected chi connectivity index (χ1v) is 9.88. The summed E-state index contributed by atoms with van der Waals surface area (Å²) in [6.45, 7) is 1.26. The van der Waals surface area contributed by atoms with Gasteiger partial charge in [-0.1, -0.05) is 0 Å². The van der Waals surface area contributed by atoms with Gasteiger partial charge in [0.2, 0.25) is 5.91 Å². The molecule has 32 heavy (non-hydrogen) atoms. The van der Waals surface area contributed by atoms with Crippen LogP contribution in [-0.2, 0) is 4.79 Å². The quantitative estimate of drug-likeness (QED) is 0.555. The number of aromatic nitrogens is 2. The number of carbonyl (C=O) groups is 2. The van der Waals surface area contributed by atoms with E-state index in [1.54, 1.807) is 12.1 Å². The minimum absolute atomic E-state index is 0.175. The van der Waals surface area contributed by atoms with Gasteiger partial charge in [0.15, 0.2) is 0 Å². The van der Waals surface area contributed by atoms with Crippen LogP contribution in [0.15, 0.2) is 42.6 Å². The maximum Gasteiger partial charge on any atom is 0.573 e. The van der Waals surface area contributed by atoms with Crippen LogP contribution in [0.25, 0.3) is 10.9 Å². The number of aromatic amines is 1. The lowest BCUT2D eigenvalue weighted by Gasteiger charge is -2.32. The number of piperidine rings is 1. The number of nitrogens with one attached hydrogen (secondary N) is 2. The molecule has 168 valence electrons. The van der Waals surface area contributed by atoms with Crippen LogP contribution in [0.3, 0.4) is 0 Å². The van der Waals surface area contributed by atoms with Crippen molar-refractivity contribution in [3.05, 3.63) is 48.3 Å². The lowest BCUT2D eigenvalue weighted by molar-refractivity contribution is -0.274. The summed E-state index contributed by atoms with van der Waals surface area (Å²) in [5.74, 6) is -0.713. The van der Waals surface area contributed by atoms with E-state index in [1.165, 1.54) is 30.5 Å². The first kappa shape index (κ1) is 21.5. The molecule has 1 saturated heterocycles. The molecule has 11 heteroatoms. The molecule has 0 saturated carbocycles. The van der Waals surface area contributed by atoms with Gasteiger partial charge in [0, 0.05) is 30.1 Å². The summed E-state index contributed by atoms with van der Waals surface area (Å²) in [6.07, 6.45) is -1.70. The standard InChI is InChI=1S/C21H20F3N5O3/c22-21(23,24)32-15-5-3-12-8-17(28-16(12)9-15)20(31)27-14-4-6-18(26-10-14)29-7-1-2-13(11-29)19(25)30/h3-6,8-10,13,28H,1-2,7,11H2,(H2,25,30)(H,27,31). The third-order valence-electron chi connectivity index (χ3n) is 5.23. The number of H-pyrrole nitrogens is 1. The minimum Gasteiger partial charge on any atom is -0.406 e. The number of anilines is 2. The molecule has 3 aromatic rings. The second-order valence-electron chi connectivity index (χ2n) is 7.53. The molecule has 1 aliphatic heterocycles. The van der Waals surface area contributed by atoms with Crippen LogP contribution >= 0.6 is 0 Å². The van der Waals surface area contributed by atoms with Gasteiger partial charge in [0.25, 0.3) is 5.91 Å². The SMILES string of the molecule is NC(=O)C1CCCN(c2ccc(NC(=O)c3cc4ccc(OC(F)(F)F)cc4[nH]3)cn2)C1. The van der Waals surface area contributed by atoms with Crippen LogP contribution in [0.4, 0.5) is 24.7 Å². The summed E-state index contributed by atoms with van der Waals surface area (Å²) in [5.41, 5.74) is 6.37. The van der Waals surface area contributed by atoms with Crippen LogP contribution in [-0.4, -0.2) is 41.2 Å². The number of benzene rings is 1. The summed E-state index contributed by atoms with van der Waals surface area (Å²) >= 11 is 0. The second kappa shape index (κ2) is 8.40. The van der Waals surface area contributed by atoms with Gasteiger partial charge in [-0.25, -0.2) is 4.98 Å². The van der Waals surface area contributed by atoms with Crippen molar-refractivity contribution in [1.82, 2.24) is 9.97 Å². The Bertz CT molecular complexity index is 1140. The number of nitrogens with zero attached hydrogens (tertiary/aromatic N) is 2. The average Bonchev–Trinajstić information content (AvgIpc) is 3.17. The average molecular weight is 447 g/mol. The van der Waals surface area contributed by atoms with E-state index in [0.29, 0.717) is 29.0 Å². The molecule has 0 bridgehead atoms. The number of pyridine rings is 1. The predicted molar refractivity (Wildman–Crippen MR) is 111 cm³/mol. The van der Waals surface area contributed by atoms with E-state index in [1.807, 2.05) is 4.90 Å². The highest BCUT2D eigenvalue weighted by Gasteiger charge is 2.31. The van der Waals surface area contributed by atoms with Gasteiger partial charge in [-0.15, -0.1) is 13.2 Å². The van der Waals surface area contributed by atoms with Crippen LogP contribution < -0.4 is 20.7 Å². The van der Waals surface area contributed by atoms with Crippen LogP contribution in [0.5, 0.6) is 5.75 Å². The van der Waals surface area contributed by atoms with Crippen molar-refractivity contribution in [3.63, 3.8) is 0 Å². The first-order valence-electron chi connectivity index (χ1n) is 9.88. The number of primary amides is 1. The molecular weight excluding hydrogens is 427 g/mol. The predicted octanol–water partition coefficient (Wildman–Crippen LogP) is 3.42. The Morgan fingerprint density at radius 3 is 2.72 bits per heavy atom. The fraction of sp³-hybridized carbons (Fsp3) is 0.286. The van der Waals surface area contributed by atoms with Crippen LogP contribution in [0, 0.1) is 5.92 Å². The lowest BCUT2D eigenvalue weighted by atomic mass is 9.97. The van der Waals surface area contributed by atoms with Crippen molar-refractivity contribution in [2.45, 2.75) is 19.2 Å². The summed E-state index contributed by atoms with van der Waals surface area (Å²) < 4.78 is 41.1. The third-order valence-corrected chi connectivity index (χ3v) is 5.23. The summed E-state index contributed by atoms with van der Waals surface area (Å²) in [5, 5.41) is 3.25. The van der Waals surface area contributed by atoms with E-state index in [2.05, 4.69) is 20.0 Å². The molecule has 1 fully saturated rings. The molecule has 4 rings (SSSR count). The Kier molecular flexibility index (Phi) is 5.64. The highest BCUT2D eigenvalue weighted by molar-refractivity contribution is 6.06. The van der Waals surface area contributed by atoms with Gasteiger partial charge >= 0.3 is 6.36 Å². The Balaban J connectivity index is 1.43. The molecule has 8 nitrogen and oxygen atoms in total. The molecule has 2 aromatic heterocycles. The van der Waals surface area contributed by atoms with E-state index in [-0.39, 0.29) is 23.3 Å². The molecular formula is C21H20F3N5O3. The number of nitrogens with two attached hydrogens (primary N) is 1. The molecule has 1 aromatic carbocycles. The maximum absolute atomic E-state index is 12.6. The van der Waals surface area contributed by atoms with Gasteiger partial charge < -0.3 is 25.7 Å². The monoisotopic (exact) mass is 447 g/mol. The lowest BCUT2D eigenvalue weighted by Crippen LogP contribution is -2.41. The molecule has 4 N–H and O–H groups in total. The molecule has 0 radical (unpaired) electrons. The molecule has 0 spiro atoms. The zero-order chi connectivity index (χ0) is 22.9. The number of fused-ring (bicyclic) bond motifs is 1. The summed E-state index contributed by atoms with van der Waals surface area (Å²) in [4.78, 5) is 33.1. The van der Waals surface area contributed by atoms with E-state index in [9.17, 15) is 22.8 Å². The van der Waals surface area contributed by atoms with Crippen molar-refractivity contribution in [2.75, 3.05) is 23.3 Å². The number of hydrogen-bond acceptors (Lipinski definition) is 5. The van der Waals surface area contributed by atoms with Crippen LogP contribution in [0.2, 0.25) is 0 Å². The Morgan fingerprint density at radius 1 is 1.22 bits per heavy atom. The number of halogens is 3. The van der Waals surface area contributed by atoms with E-state index < -0.39 is 12.3 Å². The van der Waals surface area contributed by atoms with Crippen molar-refractivity contribution in [3.8, 4) is 5.75 Å². The smallest absolute Gasteiger partial charge is 0.406 e. The van der Waals surface area contributed by atoms with Crippen molar-refractivity contribution < 1.29 is 27.5 Å². The number of alkyl halides is 3. The third kappa shape index (κ3) is 4.93. The zero-order valence-corrected chi connectivity index (χ0v) is 16.8. The number of hydrogen-bond donors (Lipinski definition) is 3. The number of amides is 2. The van der Waals surface area contributed by atoms with Crippen molar-refractivity contribution >= 4 is 34.2 Å². The van der Waals surface area contributed by atoms with E-state index in [0.717, 1.165) is 19.4 Å². The number of ether oxygens (including phenoxy) is 1. The van der Waals surface area contributed by atoms with Gasteiger partial charge in [-0.05, 0) is 43.2 Å². The first-order chi connectivity index (χ1) is 15.2. The molecule has 1 unspecified atom stereocenters. The highest BCUT2D eigenvalue weighted by Crippen LogP contribution is 2.27. The number of rotatable bonds is 5. The summed E-state index contributed by atoms with van der Waals surface area (Å²) in [6, 6.07) is 8.74. The van der Waals surface area contributed by atoms with E-state index in [4.69, 9.17) is 5.73 Å². The molecule has 0 aliphatic carbocycles. The van der Waals surface area contributed by atoms with E-state index >= 15 is 0 Å². The van der Waals surface area contributed by atoms with Gasteiger partial charge in [0.1, 0.15) is 17.3 Å². The molecule has 2 amide bonds. The van der Waals surface area contributed by atoms with Crippen molar-refractivity contribution in [1.29, 1.82) is 0 Å². The minimum atomic E-state index is -4.80. The zero-order valence-electron chi connectivity index (χ0n) is 16.8. The highest BCUT2D eigenvalue weighted by atomic mass is 19.4. The molecule has 1 aliphatic rings. The van der Waals surface area contributed by atoms with Gasteiger partial charge in [-0.2, -0.15) is 0 Å². The fourth-order valence-corrected chi connectivity index (χ4v) is 3.69. The normalized spacial score (nSPS) is 16.7. The summed E-state index contributed by atoms with van der Waals surface area (Å²) in [7, 11) is 0. The largest absolute Gasteiger partial charge is 0.573 e. The van der Waals surface area contributed by atoms with Gasteiger partial charge in [-0.3, -0.25) is 9.59 Å². The van der Waals surface area contributed by atoms with Crippen LogP contribution in [0.1, 0.15) is 23.3 Å². The molecule has 1 atom stereocenters. The molecule has 3 heterocycles. The van der Waals surface area contributed by atoms with Gasteiger partial charge in [0.05, 0.1) is 17.8 Å². The second-order valence-corrected chi connectivity index (χ2v) is 7.53. The Morgan fingerprint density at radius 2 is 2.03 bits per heavy atom. The topological polar surface area (TPSA) is 113 Å².